The van der Waals surface area contributed by atoms with Crippen LogP contribution in [0.2, 0.25) is 0 Å². The third-order valence-corrected chi connectivity index (χ3v) is 4.60. The van der Waals surface area contributed by atoms with E-state index in [2.05, 4.69) is 27.1 Å². The molecular formula is C19H27N5O2. The van der Waals surface area contributed by atoms with Crippen molar-refractivity contribution in [2.24, 2.45) is 0 Å². The minimum absolute atomic E-state index is 0.0274. The first-order chi connectivity index (χ1) is 12.6. The van der Waals surface area contributed by atoms with Crippen LogP contribution in [-0.4, -0.2) is 70.4 Å². The molecule has 0 unspecified atom stereocenters. The van der Waals surface area contributed by atoms with E-state index in [-0.39, 0.29) is 18.1 Å². The average Bonchev–Trinajstić information content (AvgIpc) is 3.15. The lowest BCUT2D eigenvalue weighted by Crippen LogP contribution is -2.51. The van der Waals surface area contributed by atoms with Crippen molar-refractivity contribution in [3.63, 3.8) is 0 Å². The highest BCUT2D eigenvalue weighted by Crippen LogP contribution is 2.30. The zero-order valence-corrected chi connectivity index (χ0v) is 15.5. The van der Waals surface area contributed by atoms with Crippen LogP contribution in [0.25, 0.3) is 0 Å². The molecule has 1 fully saturated rings. The van der Waals surface area contributed by atoms with Gasteiger partial charge in [-0.15, -0.1) is 0 Å². The summed E-state index contributed by atoms with van der Waals surface area (Å²) in [5, 5.41) is 4.09. The Morgan fingerprint density at radius 2 is 2.12 bits per heavy atom. The highest BCUT2D eigenvalue weighted by Gasteiger charge is 2.36. The van der Waals surface area contributed by atoms with Gasteiger partial charge in [0.25, 0.3) is 0 Å². The lowest BCUT2D eigenvalue weighted by molar-refractivity contribution is -0.148. The summed E-state index contributed by atoms with van der Waals surface area (Å²) in [6.45, 7) is 2.69. The van der Waals surface area contributed by atoms with E-state index in [9.17, 15) is 4.79 Å². The van der Waals surface area contributed by atoms with E-state index in [0.29, 0.717) is 26.1 Å². The Balaban J connectivity index is 1.70. The van der Waals surface area contributed by atoms with Gasteiger partial charge in [-0.1, -0.05) is 30.3 Å². The fraction of sp³-hybridized carbons (Fsp3) is 0.526. The van der Waals surface area contributed by atoms with E-state index in [4.69, 9.17) is 4.74 Å². The summed E-state index contributed by atoms with van der Waals surface area (Å²) in [5.74, 6) is 0.172. The number of likely N-dealkylation sites (N-methyl/N-ethyl adjacent to an activating group) is 1. The SMILES string of the molecule is CN(C)C[C@@H]1OCCN(C(=O)CCCn2cncn2)[C@H]1c1ccccc1. The Morgan fingerprint density at radius 1 is 1.31 bits per heavy atom. The van der Waals surface area contributed by atoms with Crippen molar-refractivity contribution >= 4 is 5.91 Å². The van der Waals surface area contributed by atoms with Crippen molar-refractivity contribution in [2.45, 2.75) is 31.5 Å². The maximum absolute atomic E-state index is 13.0. The Bertz CT molecular complexity index is 675. The number of rotatable bonds is 7. The number of ether oxygens (including phenoxy) is 1. The van der Waals surface area contributed by atoms with E-state index >= 15 is 0 Å². The molecule has 1 aromatic carbocycles. The van der Waals surface area contributed by atoms with Crippen molar-refractivity contribution in [2.75, 3.05) is 33.8 Å². The van der Waals surface area contributed by atoms with Gasteiger partial charge in [-0.2, -0.15) is 5.10 Å². The van der Waals surface area contributed by atoms with Crippen LogP contribution in [0.4, 0.5) is 0 Å². The standard InChI is InChI=1S/C19H27N5O2/c1-22(2)13-17-19(16-7-4-3-5-8-16)24(11-12-26-17)18(25)9-6-10-23-15-20-14-21-23/h3-5,7-8,14-15,17,19H,6,9-13H2,1-2H3/t17-,19-/m0/s1. The first-order valence-corrected chi connectivity index (χ1v) is 9.08. The molecule has 7 heteroatoms. The Morgan fingerprint density at radius 3 is 2.81 bits per heavy atom. The van der Waals surface area contributed by atoms with Gasteiger partial charge in [0, 0.05) is 26.1 Å². The molecule has 0 N–H and O–H groups in total. The van der Waals surface area contributed by atoms with E-state index < -0.39 is 0 Å². The molecule has 2 atom stereocenters. The largest absolute Gasteiger partial charge is 0.373 e. The fourth-order valence-electron chi connectivity index (χ4n) is 3.45. The van der Waals surface area contributed by atoms with Gasteiger partial charge in [0.05, 0.1) is 18.8 Å². The quantitative estimate of drug-likeness (QED) is 0.753. The van der Waals surface area contributed by atoms with Gasteiger partial charge >= 0.3 is 0 Å². The molecule has 3 rings (SSSR count). The van der Waals surface area contributed by atoms with E-state index in [1.165, 1.54) is 6.33 Å². The lowest BCUT2D eigenvalue weighted by Gasteiger charge is -2.42. The minimum Gasteiger partial charge on any atom is -0.373 e. The lowest BCUT2D eigenvalue weighted by atomic mass is 9.97. The zero-order chi connectivity index (χ0) is 18.4. The molecule has 0 spiro atoms. The Kier molecular flexibility index (Phi) is 6.35. The Labute approximate surface area is 154 Å². The summed E-state index contributed by atoms with van der Waals surface area (Å²) in [4.78, 5) is 21.0. The van der Waals surface area contributed by atoms with Gasteiger partial charge in [-0.25, -0.2) is 4.98 Å². The molecular weight excluding hydrogens is 330 g/mol. The van der Waals surface area contributed by atoms with Gasteiger partial charge in [0.1, 0.15) is 12.7 Å². The first-order valence-electron chi connectivity index (χ1n) is 9.08. The molecule has 26 heavy (non-hydrogen) atoms. The first kappa shape index (κ1) is 18.5. The van der Waals surface area contributed by atoms with Crippen molar-refractivity contribution in [1.29, 1.82) is 0 Å². The molecule has 0 bridgehead atoms. The van der Waals surface area contributed by atoms with Crippen molar-refractivity contribution in [1.82, 2.24) is 24.6 Å². The number of carbonyl (C=O) groups is 1. The van der Waals surface area contributed by atoms with Crippen LogP contribution in [0, 0.1) is 0 Å². The molecule has 2 heterocycles. The Hall–Kier alpha value is -2.25. The number of benzene rings is 1. The van der Waals surface area contributed by atoms with Crippen molar-refractivity contribution < 1.29 is 9.53 Å². The van der Waals surface area contributed by atoms with Crippen LogP contribution >= 0.6 is 0 Å². The number of amides is 1. The second kappa shape index (κ2) is 8.91. The highest BCUT2D eigenvalue weighted by molar-refractivity contribution is 5.77. The van der Waals surface area contributed by atoms with E-state index in [0.717, 1.165) is 18.5 Å². The minimum atomic E-state index is -0.0498. The zero-order valence-electron chi connectivity index (χ0n) is 15.5. The fourth-order valence-corrected chi connectivity index (χ4v) is 3.45. The molecule has 0 aliphatic carbocycles. The number of hydrogen-bond acceptors (Lipinski definition) is 5. The van der Waals surface area contributed by atoms with Crippen LogP contribution in [-0.2, 0) is 16.1 Å². The molecule has 0 radical (unpaired) electrons. The maximum Gasteiger partial charge on any atom is 0.223 e. The topological polar surface area (TPSA) is 63.5 Å². The number of aromatic nitrogens is 3. The third-order valence-electron chi connectivity index (χ3n) is 4.60. The molecule has 1 aliphatic rings. The summed E-state index contributed by atoms with van der Waals surface area (Å²) in [6, 6.07) is 10.1. The molecule has 1 amide bonds. The molecule has 1 aliphatic heterocycles. The number of morpholine rings is 1. The maximum atomic E-state index is 13.0. The van der Waals surface area contributed by atoms with Crippen LogP contribution in [0.5, 0.6) is 0 Å². The summed E-state index contributed by atoms with van der Waals surface area (Å²) < 4.78 is 7.80. The molecule has 7 nitrogen and oxygen atoms in total. The second-order valence-electron chi connectivity index (χ2n) is 6.88. The molecule has 140 valence electrons. The van der Waals surface area contributed by atoms with Crippen LogP contribution in [0.3, 0.4) is 0 Å². The van der Waals surface area contributed by atoms with Crippen molar-refractivity contribution in [3.05, 3.63) is 48.5 Å². The van der Waals surface area contributed by atoms with Crippen LogP contribution < -0.4 is 0 Å². The smallest absolute Gasteiger partial charge is 0.223 e. The van der Waals surface area contributed by atoms with Gasteiger partial charge in [-0.05, 0) is 26.1 Å². The molecule has 1 saturated heterocycles. The number of hydrogen-bond donors (Lipinski definition) is 0. The molecule has 1 aromatic heterocycles. The van der Waals surface area contributed by atoms with Gasteiger partial charge in [0.15, 0.2) is 0 Å². The van der Waals surface area contributed by atoms with Gasteiger partial charge in [-0.3, -0.25) is 9.48 Å². The van der Waals surface area contributed by atoms with Crippen LogP contribution in [0.1, 0.15) is 24.4 Å². The van der Waals surface area contributed by atoms with Crippen LogP contribution in [0.15, 0.2) is 43.0 Å². The monoisotopic (exact) mass is 357 g/mol. The predicted octanol–water partition coefficient (Wildman–Crippen LogP) is 1.59. The van der Waals surface area contributed by atoms with E-state index in [1.807, 2.05) is 37.2 Å². The summed E-state index contributed by atoms with van der Waals surface area (Å²) in [6.07, 6.45) is 4.41. The highest BCUT2D eigenvalue weighted by atomic mass is 16.5. The number of nitrogens with zero attached hydrogens (tertiary/aromatic N) is 5. The third kappa shape index (κ3) is 4.68. The predicted molar refractivity (Wildman–Crippen MR) is 98.4 cm³/mol. The van der Waals surface area contributed by atoms with Gasteiger partial charge in [0.2, 0.25) is 5.91 Å². The van der Waals surface area contributed by atoms with Gasteiger partial charge < -0.3 is 14.5 Å². The molecule has 0 saturated carbocycles. The summed E-state index contributed by atoms with van der Waals surface area (Å²) in [7, 11) is 4.06. The normalized spacial score (nSPS) is 20.5. The number of aryl methyl sites for hydroxylation is 1. The summed E-state index contributed by atoms with van der Waals surface area (Å²) in [5.41, 5.74) is 1.13. The van der Waals surface area contributed by atoms with E-state index in [1.54, 1.807) is 11.0 Å². The molecule has 2 aromatic rings. The second-order valence-corrected chi connectivity index (χ2v) is 6.88. The summed E-state index contributed by atoms with van der Waals surface area (Å²) >= 11 is 0. The average molecular weight is 357 g/mol. The number of carbonyl (C=O) groups excluding carboxylic acids is 1. The van der Waals surface area contributed by atoms with Crippen molar-refractivity contribution in [3.8, 4) is 0 Å².